The molecule has 0 fully saturated rings. The highest BCUT2D eigenvalue weighted by molar-refractivity contribution is 5.99. The smallest absolute Gasteiger partial charge is 0.341 e. The number of nitrogens with one attached hydrogen (secondary N) is 2. The number of anilines is 2. The van der Waals surface area contributed by atoms with Gasteiger partial charge < -0.3 is 20.5 Å². The van der Waals surface area contributed by atoms with Crippen molar-refractivity contribution < 1.29 is 23.8 Å². The molecule has 2 aromatic carbocycles. The molecule has 0 aromatic heterocycles. The summed E-state index contributed by atoms with van der Waals surface area (Å²) in [5, 5.41) is 14.3. The summed E-state index contributed by atoms with van der Waals surface area (Å²) in [6.45, 7) is 1.62. The molecule has 0 heterocycles. The molecular formula is C18H19FN2O4. The SMILES string of the molecule is C[C@@H](OC(=O)c1ccccc1NCCO)C(=O)Nc1cccc(F)c1. The van der Waals surface area contributed by atoms with Crippen LogP contribution in [0, 0.1) is 5.82 Å². The maximum absolute atomic E-state index is 13.1. The number of carbonyl (C=O) groups excluding carboxylic acids is 2. The van der Waals surface area contributed by atoms with Crippen LogP contribution >= 0.6 is 0 Å². The Morgan fingerprint density at radius 3 is 2.68 bits per heavy atom. The van der Waals surface area contributed by atoms with Gasteiger partial charge in [0.2, 0.25) is 0 Å². The van der Waals surface area contributed by atoms with Crippen molar-refractivity contribution in [2.45, 2.75) is 13.0 Å². The average molecular weight is 346 g/mol. The fraction of sp³-hybridized carbons (Fsp3) is 0.222. The Kier molecular flexibility index (Phi) is 6.47. The first-order chi connectivity index (χ1) is 12.0. The van der Waals surface area contributed by atoms with Gasteiger partial charge in [0.05, 0.1) is 12.2 Å². The fourth-order valence-electron chi connectivity index (χ4n) is 2.09. The summed E-state index contributed by atoms with van der Waals surface area (Å²) in [4.78, 5) is 24.4. The van der Waals surface area contributed by atoms with Crippen LogP contribution in [-0.4, -0.2) is 36.2 Å². The predicted molar refractivity (Wildman–Crippen MR) is 91.9 cm³/mol. The van der Waals surface area contributed by atoms with Gasteiger partial charge in [-0.15, -0.1) is 0 Å². The first-order valence-corrected chi connectivity index (χ1v) is 7.72. The van der Waals surface area contributed by atoms with Gasteiger partial charge in [-0.1, -0.05) is 18.2 Å². The van der Waals surface area contributed by atoms with E-state index in [4.69, 9.17) is 9.84 Å². The van der Waals surface area contributed by atoms with Crippen molar-refractivity contribution in [3.8, 4) is 0 Å². The van der Waals surface area contributed by atoms with Crippen molar-refractivity contribution in [1.82, 2.24) is 0 Å². The lowest BCUT2D eigenvalue weighted by Gasteiger charge is -2.15. The lowest BCUT2D eigenvalue weighted by atomic mass is 10.1. The van der Waals surface area contributed by atoms with Crippen molar-refractivity contribution in [3.63, 3.8) is 0 Å². The topological polar surface area (TPSA) is 87.7 Å². The molecule has 25 heavy (non-hydrogen) atoms. The number of halogens is 1. The van der Waals surface area contributed by atoms with E-state index in [2.05, 4.69) is 10.6 Å². The van der Waals surface area contributed by atoms with Crippen LogP contribution in [0.15, 0.2) is 48.5 Å². The van der Waals surface area contributed by atoms with Crippen LogP contribution in [0.2, 0.25) is 0 Å². The van der Waals surface area contributed by atoms with E-state index in [1.807, 2.05) is 0 Å². The van der Waals surface area contributed by atoms with Crippen LogP contribution in [0.4, 0.5) is 15.8 Å². The second-order valence-corrected chi connectivity index (χ2v) is 5.24. The van der Waals surface area contributed by atoms with E-state index >= 15 is 0 Å². The predicted octanol–water partition coefficient (Wildman–Crippen LogP) is 2.41. The van der Waals surface area contributed by atoms with Crippen molar-refractivity contribution in [2.75, 3.05) is 23.8 Å². The Morgan fingerprint density at radius 2 is 1.96 bits per heavy atom. The van der Waals surface area contributed by atoms with Crippen molar-refractivity contribution in [3.05, 3.63) is 59.9 Å². The first kappa shape index (κ1) is 18.4. The molecule has 0 radical (unpaired) electrons. The number of esters is 1. The van der Waals surface area contributed by atoms with E-state index < -0.39 is 23.8 Å². The number of aliphatic hydroxyl groups excluding tert-OH is 1. The molecule has 1 atom stereocenters. The van der Waals surface area contributed by atoms with Crippen LogP contribution < -0.4 is 10.6 Å². The van der Waals surface area contributed by atoms with Gasteiger partial charge in [-0.05, 0) is 37.3 Å². The molecule has 0 aliphatic heterocycles. The number of hydrogen-bond acceptors (Lipinski definition) is 5. The second kappa shape index (κ2) is 8.79. The molecule has 0 aliphatic rings. The molecule has 0 bridgehead atoms. The maximum Gasteiger partial charge on any atom is 0.341 e. The summed E-state index contributed by atoms with van der Waals surface area (Å²) in [7, 11) is 0. The second-order valence-electron chi connectivity index (χ2n) is 5.24. The van der Waals surface area contributed by atoms with Gasteiger partial charge in [0.15, 0.2) is 6.10 Å². The molecule has 0 aliphatic carbocycles. The third-order valence-electron chi connectivity index (χ3n) is 3.32. The molecule has 2 rings (SSSR count). The van der Waals surface area contributed by atoms with Gasteiger partial charge >= 0.3 is 5.97 Å². The van der Waals surface area contributed by atoms with E-state index in [0.29, 0.717) is 5.69 Å². The summed E-state index contributed by atoms with van der Waals surface area (Å²) in [6, 6.07) is 12.0. The normalized spacial score (nSPS) is 11.5. The highest BCUT2D eigenvalue weighted by Crippen LogP contribution is 2.17. The van der Waals surface area contributed by atoms with Gasteiger partial charge in [0.25, 0.3) is 5.91 Å². The lowest BCUT2D eigenvalue weighted by molar-refractivity contribution is -0.123. The standard InChI is InChI=1S/C18H19FN2O4/c1-12(17(23)21-14-6-4-5-13(19)11-14)25-18(24)15-7-2-3-8-16(15)20-9-10-22/h2-8,11-12,20,22H,9-10H2,1H3,(H,21,23)/t12-/m1/s1. The van der Waals surface area contributed by atoms with E-state index in [9.17, 15) is 14.0 Å². The highest BCUT2D eigenvalue weighted by atomic mass is 19.1. The van der Waals surface area contributed by atoms with Crippen molar-refractivity contribution >= 4 is 23.3 Å². The van der Waals surface area contributed by atoms with Crippen molar-refractivity contribution in [2.24, 2.45) is 0 Å². The number of aliphatic hydroxyl groups is 1. The average Bonchev–Trinajstić information content (AvgIpc) is 2.60. The molecular weight excluding hydrogens is 327 g/mol. The number of ether oxygens (including phenoxy) is 1. The lowest BCUT2D eigenvalue weighted by Crippen LogP contribution is -2.30. The Bertz CT molecular complexity index is 751. The Morgan fingerprint density at radius 1 is 1.20 bits per heavy atom. The highest BCUT2D eigenvalue weighted by Gasteiger charge is 2.21. The summed E-state index contributed by atoms with van der Waals surface area (Å²) in [5.74, 6) is -1.73. The molecule has 0 saturated heterocycles. The molecule has 132 valence electrons. The minimum atomic E-state index is -1.07. The van der Waals surface area contributed by atoms with E-state index in [1.54, 1.807) is 24.3 Å². The van der Waals surface area contributed by atoms with Crippen LogP contribution in [-0.2, 0) is 9.53 Å². The van der Waals surface area contributed by atoms with Crippen LogP contribution in [0.3, 0.4) is 0 Å². The minimum absolute atomic E-state index is 0.0875. The first-order valence-electron chi connectivity index (χ1n) is 7.72. The summed E-state index contributed by atoms with van der Waals surface area (Å²) < 4.78 is 18.3. The van der Waals surface area contributed by atoms with Gasteiger partial charge in [0.1, 0.15) is 5.82 Å². The van der Waals surface area contributed by atoms with Crippen LogP contribution in [0.1, 0.15) is 17.3 Å². The van der Waals surface area contributed by atoms with Gasteiger partial charge in [0, 0.05) is 17.9 Å². The monoisotopic (exact) mass is 346 g/mol. The van der Waals surface area contributed by atoms with Gasteiger partial charge in [-0.3, -0.25) is 4.79 Å². The van der Waals surface area contributed by atoms with E-state index in [-0.39, 0.29) is 24.4 Å². The zero-order valence-corrected chi connectivity index (χ0v) is 13.7. The number of benzene rings is 2. The largest absolute Gasteiger partial charge is 0.449 e. The molecule has 0 saturated carbocycles. The molecule has 0 unspecified atom stereocenters. The van der Waals surface area contributed by atoms with E-state index in [0.717, 1.165) is 0 Å². The van der Waals surface area contributed by atoms with E-state index in [1.165, 1.54) is 31.2 Å². The number of para-hydroxylation sites is 1. The molecule has 1 amide bonds. The zero-order valence-electron chi connectivity index (χ0n) is 13.7. The fourth-order valence-corrected chi connectivity index (χ4v) is 2.09. The summed E-state index contributed by atoms with van der Waals surface area (Å²) >= 11 is 0. The molecule has 2 aromatic rings. The quantitative estimate of drug-likeness (QED) is 0.670. The van der Waals surface area contributed by atoms with Gasteiger partial charge in [-0.2, -0.15) is 0 Å². The summed E-state index contributed by atoms with van der Waals surface area (Å²) in [5.41, 5.74) is 1.03. The maximum atomic E-state index is 13.1. The minimum Gasteiger partial charge on any atom is -0.449 e. The Hall–Kier alpha value is -2.93. The third kappa shape index (κ3) is 5.29. The Labute approximate surface area is 144 Å². The zero-order chi connectivity index (χ0) is 18.2. The van der Waals surface area contributed by atoms with Crippen molar-refractivity contribution in [1.29, 1.82) is 0 Å². The number of hydrogen-bond donors (Lipinski definition) is 3. The number of rotatable bonds is 7. The molecule has 7 heteroatoms. The Balaban J connectivity index is 2.01. The van der Waals surface area contributed by atoms with Crippen LogP contribution in [0.25, 0.3) is 0 Å². The molecule has 0 spiro atoms. The molecule has 6 nitrogen and oxygen atoms in total. The van der Waals surface area contributed by atoms with Gasteiger partial charge in [-0.25, -0.2) is 9.18 Å². The number of amides is 1. The summed E-state index contributed by atoms with van der Waals surface area (Å²) in [6.07, 6.45) is -1.07. The molecule has 3 N–H and O–H groups in total. The third-order valence-corrected chi connectivity index (χ3v) is 3.32. The number of carbonyl (C=O) groups is 2. The van der Waals surface area contributed by atoms with Crippen LogP contribution in [0.5, 0.6) is 0 Å².